The maximum absolute atomic E-state index is 12.2. The van der Waals surface area contributed by atoms with E-state index in [2.05, 4.69) is 10.3 Å². The van der Waals surface area contributed by atoms with Gasteiger partial charge in [0.15, 0.2) is 0 Å². The number of aryl methyl sites for hydroxylation is 1. The number of nitrogens with two attached hydrogens (primary N) is 1. The molecule has 3 rings (SSSR count). The highest BCUT2D eigenvalue weighted by atomic mass is 35.5. The predicted molar refractivity (Wildman–Crippen MR) is 97.8 cm³/mol. The van der Waals surface area contributed by atoms with Crippen molar-refractivity contribution in [3.05, 3.63) is 35.8 Å². The number of nitrogens with one attached hydrogen (secondary N) is 1. The number of halogens is 2. The van der Waals surface area contributed by atoms with Crippen molar-refractivity contribution >= 4 is 36.4 Å². The maximum atomic E-state index is 12.2. The van der Waals surface area contributed by atoms with Crippen LogP contribution in [0.4, 0.5) is 0 Å². The van der Waals surface area contributed by atoms with E-state index in [-0.39, 0.29) is 36.6 Å². The first-order valence-corrected chi connectivity index (χ1v) is 7.69. The van der Waals surface area contributed by atoms with E-state index in [0.29, 0.717) is 19.8 Å². The van der Waals surface area contributed by atoms with Crippen LogP contribution in [-0.2, 0) is 16.1 Å². The molecule has 1 atom stereocenters. The van der Waals surface area contributed by atoms with E-state index < -0.39 is 6.04 Å². The van der Waals surface area contributed by atoms with E-state index in [1.54, 1.807) is 0 Å². The maximum Gasteiger partial charge on any atom is 0.237 e. The number of ether oxygens (including phenoxy) is 1. The number of rotatable bonds is 4. The molecule has 0 bridgehead atoms. The summed E-state index contributed by atoms with van der Waals surface area (Å²) in [6, 6.07) is 3.57. The number of nitrogens with zero attached hydrogens (tertiary/aromatic N) is 2. The van der Waals surface area contributed by atoms with Gasteiger partial charge in [-0.2, -0.15) is 0 Å². The summed E-state index contributed by atoms with van der Waals surface area (Å²) in [5.74, 6) is 0.0950. The Labute approximate surface area is 154 Å². The van der Waals surface area contributed by atoms with Crippen LogP contribution < -0.4 is 11.1 Å². The van der Waals surface area contributed by atoms with Gasteiger partial charge in [0.25, 0.3) is 0 Å². The lowest BCUT2D eigenvalue weighted by Crippen LogP contribution is -2.46. The monoisotopic (exact) mass is 374 g/mol. The van der Waals surface area contributed by atoms with Crippen molar-refractivity contribution in [2.45, 2.75) is 32.4 Å². The number of pyridine rings is 1. The van der Waals surface area contributed by atoms with Crippen LogP contribution in [-0.4, -0.2) is 34.5 Å². The van der Waals surface area contributed by atoms with Gasteiger partial charge in [-0.15, -0.1) is 24.8 Å². The van der Waals surface area contributed by atoms with Crippen LogP contribution in [0.15, 0.2) is 24.5 Å². The molecule has 1 saturated heterocycles. The molecule has 0 radical (unpaired) electrons. The second-order valence-corrected chi connectivity index (χ2v) is 5.90. The zero-order valence-corrected chi connectivity index (χ0v) is 15.2. The molecule has 134 valence electrons. The fraction of sp³-hybridized carbons (Fsp3) is 0.500. The van der Waals surface area contributed by atoms with E-state index in [0.717, 1.165) is 29.7 Å². The second kappa shape index (κ2) is 9.22. The Morgan fingerprint density at radius 3 is 2.88 bits per heavy atom. The van der Waals surface area contributed by atoms with E-state index in [1.807, 2.05) is 35.9 Å². The van der Waals surface area contributed by atoms with Crippen molar-refractivity contribution in [2.75, 3.05) is 13.2 Å². The molecule has 3 N–H and O–H groups in total. The van der Waals surface area contributed by atoms with Gasteiger partial charge >= 0.3 is 0 Å². The van der Waals surface area contributed by atoms with Gasteiger partial charge in [-0.05, 0) is 43.4 Å². The van der Waals surface area contributed by atoms with E-state index >= 15 is 0 Å². The molecule has 1 amide bonds. The van der Waals surface area contributed by atoms with Crippen molar-refractivity contribution in [3.8, 4) is 0 Å². The van der Waals surface area contributed by atoms with Crippen LogP contribution in [0.5, 0.6) is 0 Å². The Balaban J connectivity index is 0.00000144. The third-order valence-corrected chi connectivity index (χ3v) is 4.19. The number of hydrogen-bond donors (Lipinski definition) is 2. The number of imidazole rings is 1. The summed E-state index contributed by atoms with van der Waals surface area (Å²) in [4.78, 5) is 16.7. The molecular weight excluding hydrogens is 351 g/mol. The zero-order valence-electron chi connectivity index (χ0n) is 13.6. The lowest BCUT2D eigenvalue weighted by Gasteiger charge is -2.26. The summed E-state index contributed by atoms with van der Waals surface area (Å²) in [5.41, 5.74) is 8.94. The topological polar surface area (TPSA) is 81.7 Å². The van der Waals surface area contributed by atoms with Crippen LogP contribution in [0.2, 0.25) is 0 Å². The first kappa shape index (κ1) is 20.7. The molecular formula is C16H24Cl2N4O2. The standard InChI is InChI=1S/C16H22N4O2.2ClH/c1-11-2-5-20-10-13(19-14(20)8-11)9-18-16(21)15(17)12-3-6-22-7-4-12;;/h2,5,8,10,12,15H,3-4,6-7,9,17H2,1H3,(H,18,21);2*1H. The molecule has 3 heterocycles. The summed E-state index contributed by atoms with van der Waals surface area (Å²) in [6.45, 7) is 3.81. The summed E-state index contributed by atoms with van der Waals surface area (Å²) in [7, 11) is 0. The Bertz CT molecular complexity index is 671. The minimum Gasteiger partial charge on any atom is -0.381 e. The number of hydrogen-bond acceptors (Lipinski definition) is 4. The number of amides is 1. The van der Waals surface area contributed by atoms with Gasteiger partial charge in [0.2, 0.25) is 5.91 Å². The van der Waals surface area contributed by atoms with Crippen molar-refractivity contribution in [1.29, 1.82) is 0 Å². The molecule has 0 aliphatic carbocycles. The zero-order chi connectivity index (χ0) is 15.5. The lowest BCUT2D eigenvalue weighted by molar-refractivity contribution is -0.124. The normalized spacial score (nSPS) is 16.1. The fourth-order valence-electron chi connectivity index (χ4n) is 2.81. The molecule has 1 fully saturated rings. The van der Waals surface area contributed by atoms with E-state index in [9.17, 15) is 4.79 Å². The summed E-state index contributed by atoms with van der Waals surface area (Å²) >= 11 is 0. The molecule has 0 saturated carbocycles. The summed E-state index contributed by atoms with van der Waals surface area (Å²) in [6.07, 6.45) is 5.59. The van der Waals surface area contributed by atoms with Crippen LogP contribution >= 0.6 is 24.8 Å². The Morgan fingerprint density at radius 2 is 2.17 bits per heavy atom. The Hall–Kier alpha value is -1.34. The smallest absolute Gasteiger partial charge is 0.237 e. The molecule has 2 aromatic rings. The number of aromatic nitrogens is 2. The van der Waals surface area contributed by atoms with Crippen LogP contribution in [0.1, 0.15) is 24.1 Å². The summed E-state index contributed by atoms with van der Waals surface area (Å²) < 4.78 is 7.25. The minimum atomic E-state index is -0.469. The number of carbonyl (C=O) groups excluding carboxylic acids is 1. The van der Waals surface area contributed by atoms with E-state index in [4.69, 9.17) is 10.5 Å². The van der Waals surface area contributed by atoms with Gasteiger partial charge in [-0.3, -0.25) is 4.79 Å². The largest absolute Gasteiger partial charge is 0.381 e. The average Bonchev–Trinajstić information content (AvgIpc) is 2.94. The van der Waals surface area contributed by atoms with Crippen molar-refractivity contribution in [1.82, 2.24) is 14.7 Å². The van der Waals surface area contributed by atoms with Crippen LogP contribution in [0, 0.1) is 12.8 Å². The number of fused-ring (bicyclic) bond motifs is 1. The quantitative estimate of drug-likeness (QED) is 0.855. The summed E-state index contributed by atoms with van der Waals surface area (Å²) in [5, 5.41) is 2.89. The third kappa shape index (κ3) is 4.83. The lowest BCUT2D eigenvalue weighted by atomic mass is 9.92. The minimum absolute atomic E-state index is 0. The van der Waals surface area contributed by atoms with Crippen molar-refractivity contribution in [3.63, 3.8) is 0 Å². The van der Waals surface area contributed by atoms with Gasteiger partial charge in [-0.25, -0.2) is 4.98 Å². The van der Waals surface area contributed by atoms with E-state index in [1.165, 1.54) is 0 Å². The van der Waals surface area contributed by atoms with Crippen LogP contribution in [0.25, 0.3) is 5.65 Å². The van der Waals surface area contributed by atoms with Gasteiger partial charge in [0.05, 0.1) is 18.3 Å². The molecule has 2 aromatic heterocycles. The highest BCUT2D eigenvalue weighted by Gasteiger charge is 2.26. The molecule has 1 unspecified atom stereocenters. The molecule has 1 aliphatic rings. The van der Waals surface area contributed by atoms with Gasteiger partial charge in [0, 0.05) is 25.6 Å². The SMILES string of the molecule is Cc1ccn2cc(CNC(=O)C(N)C3CCOCC3)nc2c1.Cl.Cl. The van der Waals surface area contributed by atoms with Crippen molar-refractivity contribution in [2.24, 2.45) is 11.7 Å². The molecule has 6 nitrogen and oxygen atoms in total. The highest BCUT2D eigenvalue weighted by Crippen LogP contribution is 2.17. The van der Waals surface area contributed by atoms with Gasteiger partial charge in [-0.1, -0.05) is 0 Å². The first-order valence-electron chi connectivity index (χ1n) is 7.69. The van der Waals surface area contributed by atoms with Crippen molar-refractivity contribution < 1.29 is 9.53 Å². The average molecular weight is 375 g/mol. The fourth-order valence-corrected chi connectivity index (χ4v) is 2.81. The molecule has 24 heavy (non-hydrogen) atoms. The van der Waals surface area contributed by atoms with Gasteiger partial charge < -0.3 is 20.2 Å². The Kier molecular flexibility index (Phi) is 7.96. The predicted octanol–water partition coefficient (Wildman–Crippen LogP) is 1.86. The number of carbonyl (C=O) groups is 1. The molecule has 0 spiro atoms. The van der Waals surface area contributed by atoms with Gasteiger partial charge in [0.1, 0.15) is 5.65 Å². The Morgan fingerprint density at radius 1 is 1.46 bits per heavy atom. The van der Waals surface area contributed by atoms with Crippen LogP contribution in [0.3, 0.4) is 0 Å². The molecule has 8 heteroatoms. The molecule has 0 aromatic carbocycles. The second-order valence-electron chi connectivity index (χ2n) is 5.90. The third-order valence-electron chi connectivity index (χ3n) is 4.19. The molecule has 1 aliphatic heterocycles. The first-order chi connectivity index (χ1) is 10.6. The highest BCUT2D eigenvalue weighted by molar-refractivity contribution is 5.85.